The Morgan fingerprint density at radius 3 is 2.48 bits per heavy atom. The molecule has 1 aromatic heterocycles. The summed E-state index contributed by atoms with van der Waals surface area (Å²) in [5.74, 6) is 0.791. The van der Waals surface area contributed by atoms with Crippen molar-refractivity contribution in [2.45, 2.75) is 20.0 Å². The normalized spacial score (nSPS) is 10.7. The van der Waals surface area contributed by atoms with E-state index < -0.39 is 0 Å². The van der Waals surface area contributed by atoms with Crippen LogP contribution in [0.1, 0.15) is 18.1 Å². The fraction of sp³-hybridized carbons (Fsp3) is 0.211. The molecule has 3 rings (SSSR count). The summed E-state index contributed by atoms with van der Waals surface area (Å²) in [6, 6.07) is 16.3. The molecule has 0 bridgehead atoms. The van der Waals surface area contributed by atoms with Gasteiger partial charge in [0.25, 0.3) is 0 Å². The summed E-state index contributed by atoms with van der Waals surface area (Å²) in [6.07, 6.45) is 0. The van der Waals surface area contributed by atoms with Gasteiger partial charge in [-0.05, 0) is 30.2 Å². The second-order valence-electron chi connectivity index (χ2n) is 5.36. The quantitative estimate of drug-likeness (QED) is 0.800. The average molecular weight is 305 g/mol. The highest BCUT2D eigenvalue weighted by atomic mass is 16.5. The van der Waals surface area contributed by atoms with Crippen molar-refractivity contribution in [3.8, 4) is 23.1 Å². The molecule has 0 atom stereocenters. The van der Waals surface area contributed by atoms with Crippen molar-refractivity contribution in [3.05, 3.63) is 53.6 Å². The van der Waals surface area contributed by atoms with Crippen LogP contribution < -0.4 is 10.5 Å². The SMILES string of the molecule is CCn1c(-c2ccc(CN)cc2)c(C#N)c2ccc(OC)cc21. The van der Waals surface area contributed by atoms with E-state index in [4.69, 9.17) is 10.5 Å². The zero-order valence-electron chi connectivity index (χ0n) is 13.3. The monoisotopic (exact) mass is 305 g/mol. The molecule has 0 aliphatic rings. The maximum absolute atomic E-state index is 9.70. The molecule has 0 saturated heterocycles. The third-order valence-corrected chi connectivity index (χ3v) is 4.16. The van der Waals surface area contributed by atoms with Gasteiger partial charge in [-0.25, -0.2) is 0 Å². The van der Waals surface area contributed by atoms with E-state index in [9.17, 15) is 5.26 Å². The van der Waals surface area contributed by atoms with Gasteiger partial charge in [-0.1, -0.05) is 24.3 Å². The second kappa shape index (κ2) is 6.15. The van der Waals surface area contributed by atoms with Crippen molar-refractivity contribution in [2.75, 3.05) is 7.11 Å². The minimum atomic E-state index is 0.513. The first-order valence-electron chi connectivity index (χ1n) is 7.63. The number of fused-ring (bicyclic) bond motifs is 1. The van der Waals surface area contributed by atoms with Crippen molar-refractivity contribution in [2.24, 2.45) is 5.73 Å². The predicted molar refractivity (Wildman–Crippen MR) is 92.2 cm³/mol. The molecule has 0 spiro atoms. The number of aromatic nitrogens is 1. The van der Waals surface area contributed by atoms with Gasteiger partial charge in [0.1, 0.15) is 11.8 Å². The van der Waals surface area contributed by atoms with Crippen LogP contribution in [0.4, 0.5) is 0 Å². The molecule has 0 amide bonds. The summed E-state index contributed by atoms with van der Waals surface area (Å²) in [4.78, 5) is 0. The van der Waals surface area contributed by atoms with E-state index in [1.165, 1.54) is 0 Å². The Bertz CT molecular complexity index is 886. The number of hydrogen-bond donors (Lipinski definition) is 1. The molecule has 116 valence electrons. The van der Waals surface area contributed by atoms with Crippen molar-refractivity contribution in [3.63, 3.8) is 0 Å². The molecule has 0 fully saturated rings. The number of rotatable bonds is 4. The smallest absolute Gasteiger partial charge is 0.120 e. The lowest BCUT2D eigenvalue weighted by atomic mass is 10.0. The molecule has 0 aliphatic heterocycles. The second-order valence-corrected chi connectivity index (χ2v) is 5.36. The number of nitrogens with two attached hydrogens (primary N) is 1. The van der Waals surface area contributed by atoms with Crippen LogP contribution in [0.25, 0.3) is 22.2 Å². The summed E-state index contributed by atoms with van der Waals surface area (Å²) in [5, 5.41) is 10.7. The van der Waals surface area contributed by atoms with Crippen molar-refractivity contribution >= 4 is 10.9 Å². The Morgan fingerprint density at radius 1 is 1.17 bits per heavy atom. The van der Waals surface area contributed by atoms with Gasteiger partial charge in [0.15, 0.2) is 0 Å². The van der Waals surface area contributed by atoms with Gasteiger partial charge in [-0.2, -0.15) is 5.26 Å². The fourth-order valence-electron chi connectivity index (χ4n) is 3.00. The van der Waals surface area contributed by atoms with Gasteiger partial charge in [-0.15, -0.1) is 0 Å². The van der Waals surface area contributed by atoms with Crippen molar-refractivity contribution < 1.29 is 4.74 Å². The highest BCUT2D eigenvalue weighted by molar-refractivity contribution is 5.95. The maximum atomic E-state index is 9.70. The molecule has 3 aromatic rings. The van der Waals surface area contributed by atoms with Crippen LogP contribution in [-0.4, -0.2) is 11.7 Å². The number of hydrogen-bond acceptors (Lipinski definition) is 3. The Balaban J connectivity index is 2.31. The molecular weight excluding hydrogens is 286 g/mol. The van der Waals surface area contributed by atoms with Crippen LogP contribution in [0.3, 0.4) is 0 Å². The van der Waals surface area contributed by atoms with Crippen LogP contribution in [0.15, 0.2) is 42.5 Å². The average Bonchev–Trinajstić information content (AvgIpc) is 2.94. The maximum Gasteiger partial charge on any atom is 0.120 e. The predicted octanol–water partition coefficient (Wildman–Crippen LogP) is 3.67. The van der Waals surface area contributed by atoms with Crippen molar-refractivity contribution in [1.29, 1.82) is 5.26 Å². The summed E-state index contributed by atoms with van der Waals surface area (Å²) in [7, 11) is 1.65. The zero-order chi connectivity index (χ0) is 16.4. The van der Waals surface area contributed by atoms with Crippen LogP contribution >= 0.6 is 0 Å². The molecule has 23 heavy (non-hydrogen) atoms. The van der Waals surface area contributed by atoms with E-state index >= 15 is 0 Å². The van der Waals surface area contributed by atoms with E-state index in [1.807, 2.05) is 42.5 Å². The summed E-state index contributed by atoms with van der Waals surface area (Å²) in [5.41, 5.74) is 10.4. The van der Waals surface area contributed by atoms with Gasteiger partial charge in [0.05, 0.1) is 23.9 Å². The van der Waals surface area contributed by atoms with Gasteiger partial charge in [-0.3, -0.25) is 0 Å². The Morgan fingerprint density at radius 2 is 1.91 bits per heavy atom. The van der Waals surface area contributed by atoms with E-state index in [2.05, 4.69) is 17.6 Å². The molecule has 4 nitrogen and oxygen atoms in total. The fourth-order valence-corrected chi connectivity index (χ4v) is 3.00. The number of benzene rings is 2. The number of ether oxygens (including phenoxy) is 1. The third kappa shape index (κ3) is 2.45. The Hall–Kier alpha value is -2.77. The minimum absolute atomic E-state index is 0.513. The van der Waals surface area contributed by atoms with E-state index in [-0.39, 0.29) is 0 Å². The molecule has 0 radical (unpaired) electrons. The number of nitriles is 1. The first kappa shape index (κ1) is 15.1. The molecule has 0 unspecified atom stereocenters. The van der Waals surface area contributed by atoms with Gasteiger partial charge < -0.3 is 15.0 Å². The van der Waals surface area contributed by atoms with Crippen LogP contribution in [0, 0.1) is 11.3 Å². The van der Waals surface area contributed by atoms with Gasteiger partial charge in [0.2, 0.25) is 0 Å². The Kier molecular flexibility index (Phi) is 4.05. The topological polar surface area (TPSA) is 64.0 Å². The van der Waals surface area contributed by atoms with Gasteiger partial charge >= 0.3 is 0 Å². The lowest BCUT2D eigenvalue weighted by Crippen LogP contribution is -1.99. The standard InChI is InChI=1S/C19H19N3O/c1-3-22-18-10-15(23-2)8-9-16(18)17(12-21)19(22)14-6-4-13(11-20)5-7-14/h4-10H,3,11,20H2,1-2H3. The first-order chi connectivity index (χ1) is 11.2. The summed E-state index contributed by atoms with van der Waals surface area (Å²) >= 11 is 0. The summed E-state index contributed by atoms with van der Waals surface area (Å²) < 4.78 is 7.49. The van der Waals surface area contributed by atoms with E-state index in [0.717, 1.165) is 40.0 Å². The van der Waals surface area contributed by atoms with Gasteiger partial charge in [0, 0.05) is 24.5 Å². The third-order valence-electron chi connectivity index (χ3n) is 4.16. The van der Waals surface area contributed by atoms with Crippen LogP contribution in [0.2, 0.25) is 0 Å². The molecule has 2 N–H and O–H groups in total. The molecule has 0 saturated carbocycles. The van der Waals surface area contributed by atoms with E-state index in [1.54, 1.807) is 7.11 Å². The summed E-state index contributed by atoms with van der Waals surface area (Å²) in [6.45, 7) is 3.37. The number of nitrogens with zero attached hydrogens (tertiary/aromatic N) is 2. The van der Waals surface area contributed by atoms with Crippen molar-refractivity contribution in [1.82, 2.24) is 4.57 Å². The highest BCUT2D eigenvalue weighted by Crippen LogP contribution is 2.35. The Labute approximate surface area is 135 Å². The number of aryl methyl sites for hydroxylation is 1. The molecule has 4 heteroatoms. The highest BCUT2D eigenvalue weighted by Gasteiger charge is 2.18. The van der Waals surface area contributed by atoms with Crippen LogP contribution in [-0.2, 0) is 13.1 Å². The van der Waals surface area contributed by atoms with Crippen LogP contribution in [0.5, 0.6) is 5.75 Å². The molecule has 1 heterocycles. The lowest BCUT2D eigenvalue weighted by Gasteiger charge is -2.09. The molecule has 2 aromatic carbocycles. The first-order valence-corrected chi connectivity index (χ1v) is 7.63. The lowest BCUT2D eigenvalue weighted by molar-refractivity contribution is 0.415. The largest absolute Gasteiger partial charge is 0.497 e. The minimum Gasteiger partial charge on any atom is -0.497 e. The molecular formula is C19H19N3O. The number of methoxy groups -OCH3 is 1. The van der Waals surface area contributed by atoms with E-state index in [0.29, 0.717) is 12.1 Å². The molecule has 0 aliphatic carbocycles. The zero-order valence-corrected chi connectivity index (χ0v) is 13.3.